The van der Waals surface area contributed by atoms with E-state index in [2.05, 4.69) is 15.9 Å². The number of aliphatic hydroxyl groups is 3. The van der Waals surface area contributed by atoms with Gasteiger partial charge < -0.3 is 15.3 Å². The lowest BCUT2D eigenvalue weighted by atomic mass is 10.0. The molecule has 24 heavy (non-hydrogen) atoms. The van der Waals surface area contributed by atoms with Gasteiger partial charge in [0.25, 0.3) is 0 Å². The second-order valence-corrected chi connectivity index (χ2v) is 7.24. The topological polar surface area (TPSA) is 63.9 Å². The second-order valence-electron chi connectivity index (χ2n) is 6.32. The molecule has 2 aromatic rings. The van der Waals surface area contributed by atoms with E-state index in [0.29, 0.717) is 19.5 Å². The minimum atomic E-state index is -0.636. The predicted molar refractivity (Wildman–Crippen MR) is 97.6 cm³/mol. The molecule has 4 nitrogen and oxygen atoms in total. The molecule has 0 spiro atoms. The molecule has 0 amide bonds. The summed E-state index contributed by atoms with van der Waals surface area (Å²) in [4.78, 5) is 1.96. The van der Waals surface area contributed by atoms with Crippen molar-refractivity contribution in [3.63, 3.8) is 0 Å². The van der Waals surface area contributed by atoms with Gasteiger partial charge in [-0.15, -0.1) is 0 Å². The Bertz CT molecular complexity index is 659. The number of nitrogens with zero attached hydrogens (tertiary/aromatic N) is 1. The molecule has 1 fully saturated rings. The molecule has 3 atom stereocenters. The average Bonchev–Trinajstić information content (AvgIpc) is 2.95. The van der Waals surface area contributed by atoms with Gasteiger partial charge in [0.2, 0.25) is 0 Å². The molecular weight excluding hydrogens is 370 g/mol. The van der Waals surface area contributed by atoms with Gasteiger partial charge in [-0.05, 0) is 35.2 Å². The van der Waals surface area contributed by atoms with Crippen LogP contribution in [0.2, 0.25) is 0 Å². The summed E-state index contributed by atoms with van der Waals surface area (Å²) in [5.74, 6) is 0. The van der Waals surface area contributed by atoms with Gasteiger partial charge in [0.05, 0.1) is 18.8 Å². The highest BCUT2D eigenvalue weighted by Gasteiger charge is 2.31. The minimum Gasteiger partial charge on any atom is -0.395 e. The Labute approximate surface area is 150 Å². The Kier molecular flexibility index (Phi) is 5.69. The molecule has 5 heteroatoms. The maximum Gasteiger partial charge on any atom is 0.0917 e. The van der Waals surface area contributed by atoms with E-state index in [-0.39, 0.29) is 12.6 Å². The van der Waals surface area contributed by atoms with Crippen LogP contribution in [0.15, 0.2) is 53.0 Å². The molecule has 2 unspecified atom stereocenters. The van der Waals surface area contributed by atoms with Crippen LogP contribution >= 0.6 is 15.9 Å². The summed E-state index contributed by atoms with van der Waals surface area (Å²) in [5, 5.41) is 29.6. The Morgan fingerprint density at radius 1 is 1.04 bits per heavy atom. The molecule has 1 saturated heterocycles. The van der Waals surface area contributed by atoms with Gasteiger partial charge >= 0.3 is 0 Å². The average molecular weight is 392 g/mol. The Balaban J connectivity index is 1.67. The first-order chi connectivity index (χ1) is 11.6. The number of likely N-dealkylation sites (tertiary alicyclic amines) is 1. The van der Waals surface area contributed by atoms with Crippen molar-refractivity contribution >= 4 is 15.9 Å². The van der Waals surface area contributed by atoms with Crippen LogP contribution in [0.25, 0.3) is 11.1 Å². The molecule has 1 aliphatic rings. The minimum absolute atomic E-state index is 0.00623. The van der Waals surface area contributed by atoms with Gasteiger partial charge in [0.1, 0.15) is 0 Å². The zero-order valence-electron chi connectivity index (χ0n) is 13.3. The smallest absolute Gasteiger partial charge is 0.0917 e. The van der Waals surface area contributed by atoms with Crippen molar-refractivity contribution in [1.29, 1.82) is 0 Å². The van der Waals surface area contributed by atoms with E-state index in [1.807, 2.05) is 53.4 Å². The van der Waals surface area contributed by atoms with Crippen LogP contribution in [-0.2, 0) is 0 Å². The van der Waals surface area contributed by atoms with Crippen molar-refractivity contribution in [2.75, 3.05) is 19.7 Å². The zero-order chi connectivity index (χ0) is 17.1. The highest BCUT2D eigenvalue weighted by molar-refractivity contribution is 9.10. The number of benzene rings is 2. The van der Waals surface area contributed by atoms with Gasteiger partial charge in [0.15, 0.2) is 0 Å². The van der Waals surface area contributed by atoms with Gasteiger partial charge in [-0.2, -0.15) is 0 Å². The van der Waals surface area contributed by atoms with Crippen LogP contribution in [0.3, 0.4) is 0 Å². The highest BCUT2D eigenvalue weighted by Crippen LogP contribution is 2.26. The molecule has 2 aromatic carbocycles. The van der Waals surface area contributed by atoms with E-state index < -0.39 is 12.2 Å². The number of rotatable bonds is 5. The van der Waals surface area contributed by atoms with E-state index in [1.165, 1.54) is 0 Å². The first-order valence-electron chi connectivity index (χ1n) is 8.13. The fraction of sp³-hybridized carbons (Fsp3) is 0.368. The van der Waals surface area contributed by atoms with Crippen LogP contribution in [0, 0.1) is 0 Å². The number of β-amino-alcohol motifs (C(OH)–C–C–N with tert-alkyl or cyclic N) is 2. The molecule has 1 heterocycles. The lowest BCUT2D eigenvalue weighted by molar-refractivity contribution is 0.0818. The summed E-state index contributed by atoms with van der Waals surface area (Å²) >= 11 is 3.43. The van der Waals surface area contributed by atoms with Gasteiger partial charge in [-0.1, -0.05) is 52.3 Å². The van der Waals surface area contributed by atoms with Crippen molar-refractivity contribution in [2.24, 2.45) is 0 Å². The number of hydrogen-bond acceptors (Lipinski definition) is 4. The van der Waals surface area contributed by atoms with E-state index in [1.54, 1.807) is 0 Å². The van der Waals surface area contributed by atoms with Crippen molar-refractivity contribution in [2.45, 2.75) is 24.7 Å². The summed E-state index contributed by atoms with van der Waals surface area (Å²) in [6, 6.07) is 15.9. The van der Waals surface area contributed by atoms with E-state index in [4.69, 9.17) is 0 Å². The Morgan fingerprint density at radius 3 is 2.21 bits per heavy atom. The number of hydrogen-bond donors (Lipinski definition) is 3. The fourth-order valence-electron chi connectivity index (χ4n) is 3.24. The Morgan fingerprint density at radius 2 is 1.62 bits per heavy atom. The van der Waals surface area contributed by atoms with Crippen LogP contribution in [0.1, 0.15) is 18.1 Å². The summed E-state index contributed by atoms with van der Waals surface area (Å²) in [6.07, 6.45) is -0.497. The fourth-order valence-corrected chi connectivity index (χ4v) is 3.50. The largest absolute Gasteiger partial charge is 0.395 e. The van der Waals surface area contributed by atoms with E-state index >= 15 is 0 Å². The standard InChI is InChI=1S/C19H22BrNO3/c20-16-7-5-14(6-8-16)13-1-3-15(4-2-13)19(24)11-21-10-18(23)9-17(21)12-22/h1-8,17-19,22-24H,9-12H2/t17?,18?,19-/m0/s1. The summed E-state index contributed by atoms with van der Waals surface area (Å²) < 4.78 is 1.05. The summed E-state index contributed by atoms with van der Waals surface area (Å²) in [5.41, 5.74) is 3.07. The molecule has 1 aliphatic heterocycles. The van der Waals surface area contributed by atoms with E-state index in [9.17, 15) is 15.3 Å². The molecule has 0 bridgehead atoms. The van der Waals surface area contributed by atoms with Crippen molar-refractivity contribution in [3.05, 3.63) is 58.6 Å². The van der Waals surface area contributed by atoms with Crippen molar-refractivity contribution < 1.29 is 15.3 Å². The first-order valence-corrected chi connectivity index (χ1v) is 8.93. The monoisotopic (exact) mass is 391 g/mol. The van der Waals surface area contributed by atoms with Crippen LogP contribution in [0.4, 0.5) is 0 Å². The summed E-state index contributed by atoms with van der Waals surface area (Å²) in [7, 11) is 0. The molecular formula is C19H22BrNO3. The van der Waals surface area contributed by atoms with Crippen molar-refractivity contribution in [3.8, 4) is 11.1 Å². The quantitative estimate of drug-likeness (QED) is 0.732. The lowest BCUT2D eigenvalue weighted by Crippen LogP contribution is -2.35. The van der Waals surface area contributed by atoms with Gasteiger partial charge in [0, 0.05) is 23.6 Å². The molecule has 128 valence electrons. The number of aliphatic hydroxyl groups excluding tert-OH is 3. The Hall–Kier alpha value is -1.24. The SMILES string of the molecule is OCC1CC(O)CN1C[C@H](O)c1ccc(-c2ccc(Br)cc2)cc1. The van der Waals surface area contributed by atoms with E-state index in [0.717, 1.165) is 21.2 Å². The lowest BCUT2D eigenvalue weighted by Gasteiger charge is -2.25. The molecule has 3 N–H and O–H groups in total. The van der Waals surface area contributed by atoms with Gasteiger partial charge in [-0.3, -0.25) is 4.90 Å². The highest BCUT2D eigenvalue weighted by atomic mass is 79.9. The maximum absolute atomic E-state index is 10.5. The van der Waals surface area contributed by atoms with Crippen LogP contribution in [-0.4, -0.2) is 52.1 Å². The number of halogens is 1. The summed E-state index contributed by atoms with van der Waals surface area (Å²) in [6.45, 7) is 0.922. The third-order valence-corrected chi connectivity index (χ3v) is 5.13. The molecule has 0 saturated carbocycles. The second kappa shape index (κ2) is 7.76. The maximum atomic E-state index is 10.5. The van der Waals surface area contributed by atoms with Crippen LogP contribution < -0.4 is 0 Å². The molecule has 0 radical (unpaired) electrons. The molecule has 3 rings (SSSR count). The first kappa shape index (κ1) is 17.6. The normalized spacial score (nSPS) is 22.7. The van der Waals surface area contributed by atoms with Crippen LogP contribution in [0.5, 0.6) is 0 Å². The predicted octanol–water partition coefficient (Wildman–Crippen LogP) is 2.58. The molecule has 0 aromatic heterocycles. The van der Waals surface area contributed by atoms with Gasteiger partial charge in [-0.25, -0.2) is 0 Å². The third-order valence-electron chi connectivity index (χ3n) is 4.60. The third kappa shape index (κ3) is 4.05. The van der Waals surface area contributed by atoms with Crippen molar-refractivity contribution in [1.82, 2.24) is 4.90 Å². The zero-order valence-corrected chi connectivity index (χ0v) is 14.9. The molecule has 0 aliphatic carbocycles.